The van der Waals surface area contributed by atoms with Crippen molar-refractivity contribution in [3.05, 3.63) is 17.5 Å². The molecule has 0 spiro atoms. The first-order valence-electron chi connectivity index (χ1n) is 5.77. The predicted octanol–water partition coefficient (Wildman–Crippen LogP) is 1.75. The van der Waals surface area contributed by atoms with E-state index in [-0.39, 0.29) is 5.69 Å². The van der Waals surface area contributed by atoms with E-state index in [0.717, 1.165) is 6.54 Å². The van der Waals surface area contributed by atoms with Crippen LogP contribution in [-0.2, 0) is 6.54 Å². The van der Waals surface area contributed by atoms with Crippen molar-refractivity contribution >= 4 is 17.7 Å². The average Bonchev–Trinajstić information content (AvgIpc) is 2.79. The van der Waals surface area contributed by atoms with Crippen LogP contribution in [0.5, 0.6) is 0 Å². The molecule has 0 saturated carbocycles. The molecule has 2 rings (SSSR count). The molecule has 1 saturated heterocycles. The fraction of sp³-hybridized carbons (Fsp3) is 0.636. The van der Waals surface area contributed by atoms with Gasteiger partial charge in [0.05, 0.1) is 6.54 Å². The highest BCUT2D eigenvalue weighted by Gasteiger charge is 2.14. The summed E-state index contributed by atoms with van der Waals surface area (Å²) < 4.78 is 4.92. The zero-order valence-corrected chi connectivity index (χ0v) is 10.3. The van der Waals surface area contributed by atoms with Gasteiger partial charge in [-0.05, 0) is 18.6 Å². The Morgan fingerprint density at radius 3 is 3.18 bits per heavy atom. The first-order valence-corrected chi connectivity index (χ1v) is 6.82. The second kappa shape index (κ2) is 6.07. The predicted molar refractivity (Wildman–Crippen MR) is 65.3 cm³/mol. The van der Waals surface area contributed by atoms with Gasteiger partial charge in [0.2, 0.25) is 0 Å². The third-order valence-corrected chi connectivity index (χ3v) is 4.12. The van der Waals surface area contributed by atoms with Crippen molar-refractivity contribution in [3.63, 3.8) is 0 Å². The molecule has 2 heterocycles. The van der Waals surface area contributed by atoms with Crippen molar-refractivity contribution in [1.29, 1.82) is 0 Å². The largest absolute Gasteiger partial charge is 0.476 e. The number of nitrogens with one attached hydrogen (secondary N) is 1. The van der Waals surface area contributed by atoms with E-state index in [1.165, 1.54) is 31.1 Å². The van der Waals surface area contributed by atoms with E-state index < -0.39 is 5.97 Å². The summed E-state index contributed by atoms with van der Waals surface area (Å²) in [6, 6.07) is 1.46. The lowest BCUT2D eigenvalue weighted by Gasteiger charge is -2.21. The van der Waals surface area contributed by atoms with Gasteiger partial charge in [0.25, 0.3) is 0 Å². The molecule has 0 bridgehead atoms. The highest BCUT2D eigenvalue weighted by Crippen LogP contribution is 2.24. The Balaban J connectivity index is 1.71. The number of carboxylic acids is 1. The number of rotatable bonds is 5. The Bertz CT molecular complexity index is 375. The zero-order valence-electron chi connectivity index (χ0n) is 9.52. The van der Waals surface area contributed by atoms with Crippen molar-refractivity contribution in [2.75, 3.05) is 12.3 Å². The van der Waals surface area contributed by atoms with E-state index in [9.17, 15) is 4.79 Å². The van der Waals surface area contributed by atoms with Crippen LogP contribution >= 0.6 is 11.8 Å². The summed E-state index contributed by atoms with van der Waals surface area (Å²) in [6.07, 6.45) is 3.89. The summed E-state index contributed by atoms with van der Waals surface area (Å²) >= 11 is 2.01. The van der Waals surface area contributed by atoms with Crippen LogP contribution in [0.4, 0.5) is 0 Å². The Hall–Kier alpha value is -1.01. The minimum atomic E-state index is -1.05. The highest BCUT2D eigenvalue weighted by molar-refractivity contribution is 7.99. The lowest BCUT2D eigenvalue weighted by Crippen LogP contribution is -2.26. The fourth-order valence-corrected chi connectivity index (χ4v) is 3.09. The van der Waals surface area contributed by atoms with Crippen LogP contribution < -0.4 is 5.32 Å². The average molecular weight is 256 g/mol. The van der Waals surface area contributed by atoms with Gasteiger partial charge in [-0.3, -0.25) is 0 Å². The molecule has 0 aromatic carbocycles. The monoisotopic (exact) mass is 256 g/mol. The van der Waals surface area contributed by atoms with Crippen molar-refractivity contribution in [3.8, 4) is 0 Å². The Labute approximate surface area is 104 Å². The quantitative estimate of drug-likeness (QED) is 0.836. The van der Waals surface area contributed by atoms with Crippen LogP contribution in [-0.4, -0.2) is 33.8 Å². The maximum absolute atomic E-state index is 10.6. The molecule has 17 heavy (non-hydrogen) atoms. The maximum Gasteiger partial charge on any atom is 0.358 e. The molecular formula is C11H16N2O3S. The fourth-order valence-electron chi connectivity index (χ4n) is 1.82. The van der Waals surface area contributed by atoms with Gasteiger partial charge in [0, 0.05) is 17.9 Å². The Kier molecular flexibility index (Phi) is 4.44. The number of hydrogen-bond acceptors (Lipinski definition) is 5. The van der Waals surface area contributed by atoms with Crippen LogP contribution in [0.1, 0.15) is 35.5 Å². The lowest BCUT2D eigenvalue weighted by atomic mass is 10.2. The van der Waals surface area contributed by atoms with Crippen molar-refractivity contribution in [2.45, 2.75) is 31.1 Å². The lowest BCUT2D eigenvalue weighted by molar-refractivity contribution is 0.0685. The van der Waals surface area contributed by atoms with E-state index in [1.54, 1.807) is 0 Å². The molecule has 1 aromatic rings. The van der Waals surface area contributed by atoms with Crippen LogP contribution in [0.2, 0.25) is 0 Å². The van der Waals surface area contributed by atoms with E-state index in [0.29, 0.717) is 17.6 Å². The first kappa shape index (κ1) is 12.4. The van der Waals surface area contributed by atoms with E-state index in [4.69, 9.17) is 9.63 Å². The zero-order chi connectivity index (χ0) is 12.1. The summed E-state index contributed by atoms with van der Waals surface area (Å²) in [6.45, 7) is 1.48. The van der Waals surface area contributed by atoms with Gasteiger partial charge in [0.1, 0.15) is 0 Å². The molecular weight excluding hydrogens is 240 g/mol. The molecule has 2 N–H and O–H groups in total. The summed E-state index contributed by atoms with van der Waals surface area (Å²) in [5.74, 6) is 0.767. The molecule has 1 aliphatic rings. The number of carbonyl (C=O) groups is 1. The number of aromatic nitrogens is 1. The molecule has 5 nitrogen and oxygen atoms in total. The topological polar surface area (TPSA) is 75.4 Å². The van der Waals surface area contributed by atoms with Crippen molar-refractivity contribution < 1.29 is 14.4 Å². The smallest absolute Gasteiger partial charge is 0.358 e. The maximum atomic E-state index is 10.6. The number of nitrogens with zero attached hydrogens (tertiary/aromatic N) is 1. The van der Waals surface area contributed by atoms with Gasteiger partial charge in [-0.15, -0.1) is 0 Å². The molecule has 1 aromatic heterocycles. The number of aromatic carboxylic acids is 1. The molecule has 0 aliphatic carbocycles. The molecule has 1 atom stereocenters. The normalized spacial score (nSPS) is 20.4. The van der Waals surface area contributed by atoms with Crippen molar-refractivity contribution in [1.82, 2.24) is 10.5 Å². The molecule has 1 fully saturated rings. The number of hydrogen-bond donors (Lipinski definition) is 2. The molecule has 0 radical (unpaired) electrons. The Morgan fingerprint density at radius 2 is 2.53 bits per heavy atom. The van der Waals surface area contributed by atoms with Gasteiger partial charge < -0.3 is 14.9 Å². The third-order valence-electron chi connectivity index (χ3n) is 2.72. The highest BCUT2D eigenvalue weighted by atomic mass is 32.2. The van der Waals surface area contributed by atoms with Gasteiger partial charge >= 0.3 is 5.97 Å². The van der Waals surface area contributed by atoms with E-state index in [1.807, 2.05) is 11.8 Å². The minimum Gasteiger partial charge on any atom is -0.476 e. The second-order valence-electron chi connectivity index (χ2n) is 4.10. The first-order chi connectivity index (χ1) is 8.25. The molecule has 1 unspecified atom stereocenters. The van der Waals surface area contributed by atoms with Crippen LogP contribution in [0.3, 0.4) is 0 Å². The van der Waals surface area contributed by atoms with Crippen molar-refractivity contribution in [2.24, 2.45) is 0 Å². The molecule has 6 heteroatoms. The van der Waals surface area contributed by atoms with E-state index in [2.05, 4.69) is 10.5 Å². The second-order valence-corrected chi connectivity index (χ2v) is 5.51. The standard InChI is InChI=1S/C11H16N2O3S/c14-11(15)10-5-8(16-13-10)6-12-7-9-3-1-2-4-17-9/h5,9,12H,1-4,6-7H2,(H,14,15). The van der Waals surface area contributed by atoms with Crippen LogP contribution in [0.25, 0.3) is 0 Å². The Morgan fingerprint density at radius 1 is 1.65 bits per heavy atom. The number of thioether (sulfide) groups is 1. The van der Waals surface area contributed by atoms with Gasteiger partial charge in [0.15, 0.2) is 11.5 Å². The van der Waals surface area contributed by atoms with Gasteiger partial charge in [-0.1, -0.05) is 11.6 Å². The number of carboxylic acid groups (broad SMARTS) is 1. The van der Waals surface area contributed by atoms with Gasteiger partial charge in [-0.2, -0.15) is 11.8 Å². The van der Waals surface area contributed by atoms with E-state index >= 15 is 0 Å². The SMILES string of the molecule is O=C(O)c1cc(CNCC2CCCCS2)on1. The molecule has 0 amide bonds. The summed E-state index contributed by atoms with van der Waals surface area (Å²) in [5, 5.41) is 16.1. The summed E-state index contributed by atoms with van der Waals surface area (Å²) in [7, 11) is 0. The van der Waals surface area contributed by atoms with Crippen LogP contribution in [0.15, 0.2) is 10.6 Å². The van der Waals surface area contributed by atoms with Gasteiger partial charge in [-0.25, -0.2) is 4.79 Å². The summed E-state index contributed by atoms with van der Waals surface area (Å²) in [5.41, 5.74) is -0.0335. The van der Waals surface area contributed by atoms with Crippen LogP contribution in [0, 0.1) is 0 Å². The minimum absolute atomic E-state index is 0.0335. The molecule has 94 valence electrons. The third kappa shape index (κ3) is 3.74. The molecule has 1 aliphatic heterocycles. The summed E-state index contributed by atoms with van der Waals surface area (Å²) in [4.78, 5) is 10.6.